The van der Waals surface area contributed by atoms with Crippen molar-refractivity contribution in [1.82, 2.24) is 40.3 Å². The molecule has 0 atom stereocenters. The molecule has 7 rings (SSSR count). The van der Waals surface area contributed by atoms with Crippen molar-refractivity contribution in [1.29, 1.82) is 0 Å². The Morgan fingerprint density at radius 2 is 1.77 bits per heavy atom. The number of nitrogens with one attached hydrogen (secondary N) is 3. The number of hydrogen-bond donors (Lipinski definition) is 3. The van der Waals surface area contributed by atoms with Gasteiger partial charge in [-0.05, 0) is 72.2 Å². The van der Waals surface area contributed by atoms with Crippen LogP contribution in [0.25, 0.3) is 33.4 Å². The van der Waals surface area contributed by atoms with Gasteiger partial charge >= 0.3 is 6.01 Å². The highest BCUT2D eigenvalue weighted by atomic mass is 32.2. The normalized spacial score (nSPS) is 15.5. The minimum atomic E-state index is -3.87. The van der Waals surface area contributed by atoms with Crippen LogP contribution in [0, 0.1) is 0 Å². The molecule has 13 nitrogen and oxygen atoms in total. The average molecular weight is 614 g/mol. The lowest BCUT2D eigenvalue weighted by Crippen LogP contribution is -2.26. The summed E-state index contributed by atoms with van der Waals surface area (Å²) in [7, 11) is -0.853. The molecule has 226 valence electrons. The third kappa shape index (κ3) is 5.53. The topological polar surface area (TPSA) is 170 Å². The Bertz CT molecular complexity index is 1940. The van der Waals surface area contributed by atoms with Crippen LogP contribution in [0.2, 0.25) is 0 Å². The maximum atomic E-state index is 13.6. The molecule has 2 aliphatic carbocycles. The molecule has 0 aliphatic heterocycles. The zero-order valence-electron chi connectivity index (χ0n) is 24.2. The zero-order chi connectivity index (χ0) is 30.3. The number of tetrazole rings is 1. The first-order valence-corrected chi connectivity index (χ1v) is 16.0. The van der Waals surface area contributed by atoms with Gasteiger partial charge in [0.05, 0.1) is 31.0 Å². The van der Waals surface area contributed by atoms with Crippen molar-refractivity contribution in [3.8, 4) is 34.4 Å². The van der Waals surface area contributed by atoms with Crippen molar-refractivity contribution >= 4 is 32.3 Å². The molecule has 0 saturated heterocycles. The number of sulfonamides is 1. The smallest absolute Gasteiger partial charge is 0.319 e. The highest BCUT2D eigenvalue weighted by molar-refractivity contribution is 7.89. The summed E-state index contributed by atoms with van der Waals surface area (Å²) < 4.78 is 40.7. The molecule has 3 aromatic heterocycles. The van der Waals surface area contributed by atoms with Crippen molar-refractivity contribution in [3.63, 3.8) is 0 Å². The van der Waals surface area contributed by atoms with E-state index in [0.29, 0.717) is 39.8 Å². The molecule has 2 aliphatic rings. The average Bonchev–Trinajstić information content (AvgIpc) is 3.45. The molecule has 2 fully saturated rings. The number of aromatic amines is 1. The van der Waals surface area contributed by atoms with E-state index in [9.17, 15) is 8.42 Å². The Morgan fingerprint density at radius 1 is 0.932 bits per heavy atom. The third-order valence-electron chi connectivity index (χ3n) is 8.10. The Balaban J connectivity index is 1.36. The maximum absolute atomic E-state index is 13.6. The number of hydrogen-bond acceptors (Lipinski definition) is 11. The number of H-pyrrole nitrogens is 1. The van der Waals surface area contributed by atoms with Gasteiger partial charge in [0.25, 0.3) is 0 Å². The van der Waals surface area contributed by atoms with Crippen LogP contribution in [0.4, 0.5) is 11.4 Å². The van der Waals surface area contributed by atoms with Crippen molar-refractivity contribution in [2.24, 2.45) is 0 Å². The number of fused-ring (bicyclic) bond motifs is 1. The number of aromatic nitrogens is 7. The van der Waals surface area contributed by atoms with Crippen LogP contribution in [0.1, 0.15) is 50.0 Å². The van der Waals surface area contributed by atoms with Crippen LogP contribution in [0.5, 0.6) is 11.9 Å². The Labute approximate surface area is 253 Å². The van der Waals surface area contributed by atoms with E-state index in [-0.39, 0.29) is 16.9 Å². The van der Waals surface area contributed by atoms with Gasteiger partial charge in [-0.1, -0.05) is 25.0 Å². The van der Waals surface area contributed by atoms with Gasteiger partial charge in [-0.15, -0.1) is 10.2 Å². The van der Waals surface area contributed by atoms with Crippen LogP contribution in [-0.4, -0.2) is 64.3 Å². The van der Waals surface area contributed by atoms with E-state index in [0.717, 1.165) is 48.1 Å². The summed E-state index contributed by atoms with van der Waals surface area (Å²) in [5.41, 5.74) is 5.07. The van der Waals surface area contributed by atoms with Crippen molar-refractivity contribution in [3.05, 3.63) is 54.4 Å². The van der Waals surface area contributed by atoms with E-state index in [1.54, 1.807) is 6.20 Å². The summed E-state index contributed by atoms with van der Waals surface area (Å²) in [5.74, 6) is 1.22. The van der Waals surface area contributed by atoms with E-state index in [2.05, 4.69) is 57.7 Å². The first-order chi connectivity index (χ1) is 21.4. The van der Waals surface area contributed by atoms with Gasteiger partial charge in [0, 0.05) is 35.1 Å². The van der Waals surface area contributed by atoms with E-state index in [1.807, 2.05) is 24.3 Å². The molecule has 5 aromatic rings. The summed E-state index contributed by atoms with van der Waals surface area (Å²) in [6.07, 6.45) is 9.20. The molecule has 44 heavy (non-hydrogen) atoms. The van der Waals surface area contributed by atoms with Crippen molar-refractivity contribution < 1.29 is 17.9 Å². The van der Waals surface area contributed by atoms with Crippen molar-refractivity contribution in [2.75, 3.05) is 19.5 Å². The number of nitrogens with zero attached hydrogens (tertiary/aromatic N) is 6. The second kappa shape index (κ2) is 11.4. The molecule has 0 radical (unpaired) electrons. The van der Waals surface area contributed by atoms with E-state index in [1.165, 1.54) is 33.3 Å². The highest BCUT2D eigenvalue weighted by Gasteiger charge is 2.31. The molecular weight excluding hydrogens is 582 g/mol. The van der Waals surface area contributed by atoms with E-state index in [4.69, 9.17) is 9.47 Å². The SMILES string of the molecule is COc1ncc(-c2ccc3c(Nc4cc(-c5nn[nH]n5)cc(C5CCCC5)c4)c(S(=O)(=O)NC4CC4)cnc3c2)c(OC)n1. The number of anilines is 2. The second-order valence-electron chi connectivity index (χ2n) is 11.1. The molecule has 14 heteroatoms. The summed E-state index contributed by atoms with van der Waals surface area (Å²) in [4.78, 5) is 13.2. The van der Waals surface area contributed by atoms with Gasteiger partial charge in [-0.25, -0.2) is 18.1 Å². The van der Waals surface area contributed by atoms with Crippen molar-refractivity contribution in [2.45, 2.75) is 55.4 Å². The Kier molecular flexibility index (Phi) is 7.30. The van der Waals surface area contributed by atoms with Crippen LogP contribution in [-0.2, 0) is 10.0 Å². The molecule has 0 spiro atoms. The standard InChI is InChI=1S/C30H31N9O4S/c1-42-29-24(15-32-30(34-29)43-2)18-7-10-23-25(14-18)31-16-26(44(40,41)37-21-8-9-21)27(23)33-22-12-19(17-5-3-4-6-17)11-20(13-22)28-35-38-39-36-28/h7,10-17,21,37H,3-6,8-9H2,1-2H3,(H,31,33)(H,35,36,38,39). The first kappa shape index (κ1) is 28.1. The maximum Gasteiger partial charge on any atom is 0.319 e. The molecule has 2 aromatic carbocycles. The van der Waals surface area contributed by atoms with Crippen LogP contribution in [0.15, 0.2) is 53.7 Å². The first-order valence-electron chi connectivity index (χ1n) is 14.5. The predicted molar refractivity (Wildman–Crippen MR) is 163 cm³/mol. The van der Waals surface area contributed by atoms with Gasteiger partial charge in [-0.3, -0.25) is 4.98 Å². The quantitative estimate of drug-likeness (QED) is 0.199. The zero-order valence-corrected chi connectivity index (χ0v) is 25.1. The number of benzene rings is 2. The van der Waals surface area contributed by atoms with E-state index < -0.39 is 10.0 Å². The van der Waals surface area contributed by atoms with Gasteiger partial charge in [0.15, 0.2) is 0 Å². The molecule has 0 unspecified atom stereocenters. The highest BCUT2D eigenvalue weighted by Crippen LogP contribution is 2.40. The summed E-state index contributed by atoms with van der Waals surface area (Å²) in [6, 6.07) is 11.8. The minimum Gasteiger partial charge on any atom is -0.480 e. The van der Waals surface area contributed by atoms with Gasteiger partial charge in [0.1, 0.15) is 4.90 Å². The summed E-state index contributed by atoms with van der Waals surface area (Å²) in [6.45, 7) is 0. The fourth-order valence-corrected chi connectivity index (χ4v) is 7.16. The van der Waals surface area contributed by atoms with Crippen LogP contribution in [0.3, 0.4) is 0 Å². The third-order valence-corrected chi connectivity index (χ3v) is 9.63. The van der Waals surface area contributed by atoms with Crippen LogP contribution >= 0.6 is 0 Å². The summed E-state index contributed by atoms with van der Waals surface area (Å²) >= 11 is 0. The summed E-state index contributed by atoms with van der Waals surface area (Å²) in [5, 5.41) is 18.7. The fourth-order valence-electron chi connectivity index (χ4n) is 5.74. The van der Waals surface area contributed by atoms with E-state index >= 15 is 0 Å². The number of rotatable bonds is 10. The minimum absolute atomic E-state index is 0.0657. The molecule has 2 saturated carbocycles. The lowest BCUT2D eigenvalue weighted by molar-refractivity contribution is 0.353. The molecule has 0 bridgehead atoms. The lowest BCUT2D eigenvalue weighted by atomic mass is 9.95. The lowest BCUT2D eigenvalue weighted by Gasteiger charge is -2.18. The number of ether oxygens (including phenoxy) is 2. The predicted octanol–water partition coefficient (Wildman–Crippen LogP) is 4.73. The largest absolute Gasteiger partial charge is 0.480 e. The Hall–Kier alpha value is -4.69. The number of methoxy groups -OCH3 is 2. The Morgan fingerprint density at radius 3 is 2.50 bits per heavy atom. The van der Waals surface area contributed by atoms with Gasteiger partial charge in [-0.2, -0.15) is 10.2 Å². The van der Waals surface area contributed by atoms with Gasteiger partial charge < -0.3 is 14.8 Å². The fraction of sp³-hybridized carbons (Fsp3) is 0.333. The number of pyridine rings is 1. The molecule has 3 heterocycles. The van der Waals surface area contributed by atoms with Crippen LogP contribution < -0.4 is 19.5 Å². The monoisotopic (exact) mass is 613 g/mol. The molecular formula is C30H31N9O4S. The second-order valence-corrected chi connectivity index (χ2v) is 12.8. The van der Waals surface area contributed by atoms with Gasteiger partial charge in [0.2, 0.25) is 21.7 Å². The molecule has 3 N–H and O–H groups in total. The molecule has 0 amide bonds.